The van der Waals surface area contributed by atoms with Gasteiger partial charge in [0.1, 0.15) is 11.9 Å². The summed E-state index contributed by atoms with van der Waals surface area (Å²) in [5, 5.41) is 14.0. The van der Waals surface area contributed by atoms with Gasteiger partial charge in [-0.25, -0.2) is 17.6 Å². The number of carbonyl (C=O) groups excluding carboxylic acids is 1. The van der Waals surface area contributed by atoms with Crippen LogP contribution in [-0.2, 0) is 26.0 Å². The highest BCUT2D eigenvalue weighted by molar-refractivity contribution is 7.90. The number of carboxylic acid groups (broad SMARTS) is 1. The molecular weight excluding hydrogens is 519 g/mol. The van der Waals surface area contributed by atoms with E-state index in [2.05, 4.69) is 5.32 Å². The molecule has 2 fully saturated rings. The smallest absolute Gasteiger partial charge is 0.326 e. The molecule has 1 aliphatic heterocycles. The van der Waals surface area contributed by atoms with E-state index in [1.165, 1.54) is 12.1 Å². The highest BCUT2D eigenvalue weighted by Gasteiger charge is 2.58. The summed E-state index contributed by atoms with van der Waals surface area (Å²) < 4.78 is 39.1. The van der Waals surface area contributed by atoms with Crippen LogP contribution in [0.25, 0.3) is 0 Å². The molecule has 2 aliphatic rings. The van der Waals surface area contributed by atoms with E-state index in [-0.39, 0.29) is 28.8 Å². The molecule has 0 bridgehead atoms. The number of nitrogens with one attached hydrogen (secondary N) is 1. The Morgan fingerprint density at radius 3 is 2.26 bits per heavy atom. The zero-order chi connectivity index (χ0) is 28.5. The number of nitrogens with zero attached hydrogens (tertiary/aromatic N) is 1. The van der Waals surface area contributed by atoms with Crippen LogP contribution < -0.4 is 5.32 Å². The summed E-state index contributed by atoms with van der Waals surface area (Å²) in [6.07, 6.45) is 5.51. The number of hydrogen-bond acceptors (Lipinski definition) is 5. The van der Waals surface area contributed by atoms with Crippen LogP contribution in [0.1, 0.15) is 70.0 Å². The van der Waals surface area contributed by atoms with Crippen molar-refractivity contribution in [3.8, 4) is 0 Å². The Balaban J connectivity index is 1.83. The molecule has 9 heteroatoms. The van der Waals surface area contributed by atoms with Gasteiger partial charge in [-0.15, -0.1) is 0 Å². The Labute approximate surface area is 230 Å². The standard InChI is InChI=1S/C30H39FN2O5S/c1-30(2,3)24-25(32-18-21-17-22(31)15-16-23(21)39(4,37)38)26(19-11-7-5-8-12-19)33(27(24)29(35)36)28(34)20-13-9-6-10-14-20/h5,7-8,11-12,15-17,20,24-27,32H,6,9-10,13-14,18H2,1-4H3,(H,35,36). The molecule has 4 atom stereocenters. The molecule has 1 heterocycles. The number of halogens is 1. The number of hydrogen-bond donors (Lipinski definition) is 2. The second kappa shape index (κ2) is 11.4. The van der Waals surface area contributed by atoms with E-state index in [0.29, 0.717) is 0 Å². The number of sulfone groups is 1. The Morgan fingerprint density at radius 2 is 1.69 bits per heavy atom. The summed E-state index contributed by atoms with van der Waals surface area (Å²) in [5.74, 6) is -2.51. The average Bonchev–Trinajstić information content (AvgIpc) is 3.23. The first-order chi connectivity index (χ1) is 18.3. The van der Waals surface area contributed by atoms with Gasteiger partial charge in [0.05, 0.1) is 10.9 Å². The lowest BCUT2D eigenvalue weighted by atomic mass is 9.72. The van der Waals surface area contributed by atoms with E-state index < -0.39 is 51.1 Å². The van der Waals surface area contributed by atoms with Crippen LogP contribution in [0.5, 0.6) is 0 Å². The van der Waals surface area contributed by atoms with Crippen molar-refractivity contribution in [2.45, 2.75) is 82.4 Å². The monoisotopic (exact) mass is 558 g/mol. The third-order valence-corrected chi connectivity index (χ3v) is 9.42. The highest BCUT2D eigenvalue weighted by Crippen LogP contribution is 2.49. The van der Waals surface area contributed by atoms with E-state index >= 15 is 0 Å². The average molecular weight is 559 g/mol. The van der Waals surface area contributed by atoms with E-state index in [1.54, 1.807) is 4.90 Å². The van der Waals surface area contributed by atoms with Crippen LogP contribution in [0.15, 0.2) is 53.4 Å². The Kier molecular flexibility index (Phi) is 8.52. The van der Waals surface area contributed by atoms with Crippen LogP contribution in [0, 0.1) is 23.1 Å². The Morgan fingerprint density at radius 1 is 1.05 bits per heavy atom. The zero-order valence-electron chi connectivity index (χ0n) is 23.1. The van der Waals surface area contributed by atoms with Crippen molar-refractivity contribution in [1.29, 1.82) is 0 Å². The summed E-state index contributed by atoms with van der Waals surface area (Å²) in [6.45, 7) is 5.88. The van der Waals surface area contributed by atoms with E-state index in [1.807, 2.05) is 51.1 Å². The largest absolute Gasteiger partial charge is 0.480 e. The fourth-order valence-corrected chi connectivity index (χ4v) is 7.49. The number of carbonyl (C=O) groups is 2. The van der Waals surface area contributed by atoms with Crippen LogP contribution in [-0.4, -0.2) is 48.6 Å². The number of aliphatic carboxylic acids is 1. The van der Waals surface area contributed by atoms with Gasteiger partial charge in [-0.2, -0.15) is 0 Å². The number of carboxylic acids is 1. The molecule has 2 aromatic carbocycles. The van der Waals surface area contributed by atoms with Gasteiger partial charge in [0, 0.05) is 30.7 Å². The SMILES string of the molecule is CC(C)(C)C1C(NCc2cc(F)ccc2S(C)(=O)=O)C(c2ccccc2)N(C(=O)C2CCCCC2)C1C(=O)O. The molecule has 0 spiro atoms. The lowest BCUT2D eigenvalue weighted by molar-refractivity contribution is -0.154. The van der Waals surface area contributed by atoms with Gasteiger partial charge in [-0.3, -0.25) is 4.79 Å². The lowest BCUT2D eigenvalue weighted by Crippen LogP contribution is -2.49. The molecule has 0 aromatic heterocycles. The zero-order valence-corrected chi connectivity index (χ0v) is 23.9. The first kappa shape index (κ1) is 29.2. The van der Waals surface area contributed by atoms with Gasteiger partial charge in [-0.1, -0.05) is 70.4 Å². The molecular formula is C30H39FN2O5S. The molecule has 1 saturated heterocycles. The van der Waals surface area contributed by atoms with Gasteiger partial charge in [0.25, 0.3) is 0 Å². The molecule has 1 amide bonds. The van der Waals surface area contributed by atoms with E-state index in [9.17, 15) is 27.5 Å². The van der Waals surface area contributed by atoms with Crippen LogP contribution in [0.3, 0.4) is 0 Å². The van der Waals surface area contributed by atoms with Crippen molar-refractivity contribution >= 4 is 21.7 Å². The molecule has 1 saturated carbocycles. The van der Waals surface area contributed by atoms with Crippen molar-refractivity contribution in [1.82, 2.24) is 10.2 Å². The summed E-state index contributed by atoms with van der Waals surface area (Å²) >= 11 is 0. The molecule has 212 valence electrons. The number of amides is 1. The molecule has 0 radical (unpaired) electrons. The van der Waals surface area contributed by atoms with Crippen molar-refractivity contribution < 1.29 is 27.5 Å². The molecule has 2 aromatic rings. The van der Waals surface area contributed by atoms with Crippen LogP contribution in [0.2, 0.25) is 0 Å². The highest BCUT2D eigenvalue weighted by atomic mass is 32.2. The molecule has 4 unspecified atom stereocenters. The summed E-state index contributed by atoms with van der Waals surface area (Å²) in [4.78, 5) is 28.7. The molecule has 7 nitrogen and oxygen atoms in total. The Bertz CT molecular complexity index is 1300. The van der Waals surface area contributed by atoms with Crippen molar-refractivity contribution in [3.63, 3.8) is 0 Å². The minimum Gasteiger partial charge on any atom is -0.480 e. The third-order valence-electron chi connectivity index (χ3n) is 8.22. The third kappa shape index (κ3) is 6.19. The second-order valence-corrected chi connectivity index (χ2v) is 14.0. The van der Waals surface area contributed by atoms with Gasteiger partial charge in [-0.05, 0) is 47.6 Å². The normalized spacial score (nSPS) is 24.6. The quantitative estimate of drug-likeness (QED) is 0.466. The van der Waals surface area contributed by atoms with Gasteiger partial charge in [0.2, 0.25) is 5.91 Å². The van der Waals surface area contributed by atoms with Crippen molar-refractivity contribution in [2.75, 3.05) is 6.26 Å². The fourth-order valence-electron chi connectivity index (χ4n) is 6.56. The maximum atomic E-state index is 14.2. The number of rotatable bonds is 7. The molecule has 1 aliphatic carbocycles. The first-order valence-electron chi connectivity index (χ1n) is 13.6. The van der Waals surface area contributed by atoms with Gasteiger partial charge < -0.3 is 15.3 Å². The maximum Gasteiger partial charge on any atom is 0.326 e. The molecule has 2 N–H and O–H groups in total. The Hall–Kier alpha value is -2.78. The minimum absolute atomic E-state index is 0.00145. The van der Waals surface area contributed by atoms with E-state index in [4.69, 9.17) is 0 Å². The summed E-state index contributed by atoms with van der Waals surface area (Å²) in [7, 11) is -3.63. The maximum absolute atomic E-state index is 14.2. The van der Waals surface area contributed by atoms with Gasteiger partial charge >= 0.3 is 5.97 Å². The van der Waals surface area contributed by atoms with Crippen molar-refractivity contribution in [3.05, 3.63) is 65.5 Å². The number of likely N-dealkylation sites (tertiary alicyclic amines) is 1. The topological polar surface area (TPSA) is 104 Å². The first-order valence-corrected chi connectivity index (χ1v) is 15.5. The second-order valence-electron chi connectivity index (χ2n) is 12.0. The van der Waals surface area contributed by atoms with Crippen LogP contribution >= 0.6 is 0 Å². The molecule has 39 heavy (non-hydrogen) atoms. The van der Waals surface area contributed by atoms with Crippen molar-refractivity contribution in [2.24, 2.45) is 17.3 Å². The summed E-state index contributed by atoms with van der Waals surface area (Å²) in [5.41, 5.74) is 0.539. The predicted molar refractivity (Wildman–Crippen MR) is 147 cm³/mol. The van der Waals surface area contributed by atoms with E-state index in [0.717, 1.165) is 50.0 Å². The molecule has 4 rings (SSSR count). The van der Waals surface area contributed by atoms with Gasteiger partial charge in [0.15, 0.2) is 9.84 Å². The van der Waals surface area contributed by atoms with Crippen LogP contribution in [0.4, 0.5) is 4.39 Å². The lowest BCUT2D eigenvalue weighted by Gasteiger charge is -2.36. The predicted octanol–water partition coefficient (Wildman–Crippen LogP) is 4.97. The summed E-state index contributed by atoms with van der Waals surface area (Å²) in [6, 6.07) is 10.8. The fraction of sp³-hybridized carbons (Fsp3) is 0.533. The number of benzene rings is 2. The minimum atomic E-state index is -3.63.